The summed E-state index contributed by atoms with van der Waals surface area (Å²) in [6.45, 7) is 3.20. The minimum Gasteiger partial charge on any atom is -0.437 e. The maximum atomic E-state index is 12.3. The predicted molar refractivity (Wildman–Crippen MR) is 76.9 cm³/mol. The number of rotatable bonds is 1. The maximum absolute atomic E-state index is 12.3. The normalized spacial score (nSPS) is 21.3. The summed E-state index contributed by atoms with van der Waals surface area (Å²) in [4.78, 5) is 18.6. The van der Waals surface area contributed by atoms with Gasteiger partial charge in [0.1, 0.15) is 5.82 Å². The van der Waals surface area contributed by atoms with Crippen molar-refractivity contribution >= 4 is 34.7 Å². The molecule has 19 heavy (non-hydrogen) atoms. The monoisotopic (exact) mass is 323 g/mol. The van der Waals surface area contributed by atoms with E-state index in [4.69, 9.17) is 0 Å². The lowest BCUT2D eigenvalue weighted by molar-refractivity contribution is -0.122. The second-order valence-corrected chi connectivity index (χ2v) is 6.17. The van der Waals surface area contributed by atoms with Gasteiger partial charge in [-0.2, -0.15) is 0 Å². The first-order valence-electron chi connectivity index (χ1n) is 6.42. The van der Waals surface area contributed by atoms with E-state index in [1.54, 1.807) is 13.0 Å². The molecule has 0 unspecified atom stereocenters. The van der Waals surface area contributed by atoms with Gasteiger partial charge in [-0.1, -0.05) is 0 Å². The van der Waals surface area contributed by atoms with Gasteiger partial charge in [0, 0.05) is 16.2 Å². The SMILES string of the molecule is CB(O)N1CCC2(CC1)C(=O)Nc1ncc(Br)cc12. The summed E-state index contributed by atoms with van der Waals surface area (Å²) in [6.07, 6.45) is 3.13. The van der Waals surface area contributed by atoms with Gasteiger partial charge in [-0.15, -0.1) is 0 Å². The molecule has 3 heterocycles. The van der Waals surface area contributed by atoms with Crippen molar-refractivity contribution in [2.75, 3.05) is 18.4 Å². The van der Waals surface area contributed by atoms with Crippen molar-refractivity contribution in [3.05, 3.63) is 22.3 Å². The molecule has 1 spiro atoms. The second kappa shape index (κ2) is 4.57. The third-order valence-corrected chi connectivity index (χ3v) is 4.65. The van der Waals surface area contributed by atoms with Crippen LogP contribution in [0.5, 0.6) is 0 Å². The average molecular weight is 324 g/mol. The molecule has 1 saturated heterocycles. The number of carbonyl (C=O) groups excluding carboxylic acids is 1. The van der Waals surface area contributed by atoms with Crippen LogP contribution >= 0.6 is 15.9 Å². The Morgan fingerprint density at radius 2 is 2.21 bits per heavy atom. The van der Waals surface area contributed by atoms with E-state index in [-0.39, 0.29) is 5.91 Å². The van der Waals surface area contributed by atoms with E-state index >= 15 is 0 Å². The Balaban J connectivity index is 1.94. The number of aromatic nitrogens is 1. The molecule has 5 nitrogen and oxygen atoms in total. The summed E-state index contributed by atoms with van der Waals surface area (Å²) in [5.74, 6) is 0.719. The van der Waals surface area contributed by atoms with E-state index in [2.05, 4.69) is 26.2 Å². The third kappa shape index (κ3) is 2.00. The highest BCUT2D eigenvalue weighted by atomic mass is 79.9. The molecule has 0 bridgehead atoms. The van der Waals surface area contributed by atoms with Gasteiger partial charge in [-0.25, -0.2) is 4.98 Å². The zero-order valence-electron chi connectivity index (χ0n) is 10.7. The Labute approximate surface area is 120 Å². The number of nitrogens with zero attached hydrogens (tertiary/aromatic N) is 2. The van der Waals surface area contributed by atoms with Gasteiger partial charge in [0.25, 0.3) is 0 Å². The Hall–Kier alpha value is -0.915. The molecule has 2 aliphatic rings. The number of hydrogen-bond acceptors (Lipinski definition) is 4. The van der Waals surface area contributed by atoms with Crippen LogP contribution in [-0.2, 0) is 10.2 Å². The average Bonchev–Trinajstić information content (AvgIpc) is 2.64. The molecular weight excluding hydrogens is 309 g/mol. The Bertz CT molecular complexity index is 530. The van der Waals surface area contributed by atoms with Crippen molar-refractivity contribution in [1.29, 1.82) is 0 Å². The summed E-state index contributed by atoms with van der Waals surface area (Å²) >= 11 is 3.42. The molecule has 7 heteroatoms. The van der Waals surface area contributed by atoms with Crippen molar-refractivity contribution in [3.63, 3.8) is 0 Å². The molecule has 0 atom stereocenters. The fraction of sp³-hybridized carbons (Fsp3) is 0.500. The minimum atomic E-state index is -0.475. The molecule has 1 aromatic rings. The highest BCUT2D eigenvalue weighted by Gasteiger charge is 2.49. The van der Waals surface area contributed by atoms with Crippen LogP contribution in [0.4, 0.5) is 5.82 Å². The van der Waals surface area contributed by atoms with Crippen LogP contribution in [-0.4, -0.2) is 40.9 Å². The number of piperidine rings is 1. The maximum Gasteiger partial charge on any atom is 0.376 e. The van der Waals surface area contributed by atoms with Crippen molar-refractivity contribution < 1.29 is 9.82 Å². The quantitative estimate of drug-likeness (QED) is 0.763. The number of fused-ring (bicyclic) bond motifs is 2. The molecule has 0 radical (unpaired) electrons. The summed E-state index contributed by atoms with van der Waals surface area (Å²) < 4.78 is 0.889. The molecule has 3 rings (SSSR count). The van der Waals surface area contributed by atoms with Crippen LogP contribution in [0.2, 0.25) is 6.82 Å². The van der Waals surface area contributed by atoms with Crippen LogP contribution in [0.1, 0.15) is 18.4 Å². The van der Waals surface area contributed by atoms with Crippen molar-refractivity contribution in [2.24, 2.45) is 0 Å². The van der Waals surface area contributed by atoms with E-state index in [1.807, 2.05) is 10.9 Å². The first-order chi connectivity index (χ1) is 9.03. The Kier molecular flexibility index (Phi) is 3.15. The highest BCUT2D eigenvalue weighted by molar-refractivity contribution is 9.10. The van der Waals surface area contributed by atoms with E-state index in [0.29, 0.717) is 5.82 Å². The standard InChI is InChI=1S/C12H15BBrN3O2/c1-13(19)17-4-2-12(3-5-17)9-6-8(14)7-15-10(9)16-11(12)18/h6-7,19H,2-5H2,1H3,(H,15,16,18). The van der Waals surface area contributed by atoms with Crippen LogP contribution in [0, 0.1) is 0 Å². The van der Waals surface area contributed by atoms with Gasteiger partial charge in [0.2, 0.25) is 5.91 Å². The van der Waals surface area contributed by atoms with Gasteiger partial charge in [-0.3, -0.25) is 4.79 Å². The van der Waals surface area contributed by atoms with Gasteiger partial charge in [0.05, 0.1) is 5.41 Å². The summed E-state index contributed by atoms with van der Waals surface area (Å²) in [7, 11) is -0.457. The molecule has 1 aromatic heterocycles. The number of carbonyl (C=O) groups is 1. The zero-order valence-corrected chi connectivity index (χ0v) is 12.3. The number of halogens is 1. The minimum absolute atomic E-state index is 0.0401. The number of anilines is 1. The first kappa shape index (κ1) is 13.1. The van der Waals surface area contributed by atoms with Crippen LogP contribution in [0.25, 0.3) is 0 Å². The molecule has 1 amide bonds. The molecule has 2 aliphatic heterocycles. The van der Waals surface area contributed by atoms with Gasteiger partial charge in [-0.05, 0) is 54.8 Å². The number of pyridine rings is 1. The van der Waals surface area contributed by atoms with E-state index in [1.165, 1.54) is 0 Å². The summed E-state index contributed by atoms with van der Waals surface area (Å²) in [5, 5.41) is 12.5. The smallest absolute Gasteiger partial charge is 0.376 e. The topological polar surface area (TPSA) is 65.5 Å². The summed E-state index contributed by atoms with van der Waals surface area (Å²) in [5.41, 5.74) is 0.509. The molecular formula is C12H15BBrN3O2. The van der Waals surface area contributed by atoms with Crippen LogP contribution in [0.3, 0.4) is 0 Å². The Morgan fingerprint density at radius 3 is 2.84 bits per heavy atom. The van der Waals surface area contributed by atoms with Gasteiger partial charge < -0.3 is 15.2 Å². The van der Waals surface area contributed by atoms with Gasteiger partial charge in [0.15, 0.2) is 0 Å². The predicted octanol–water partition coefficient (Wildman–Crippen LogP) is 1.24. The summed E-state index contributed by atoms with van der Waals surface area (Å²) in [6, 6.07) is 1.98. The molecule has 0 saturated carbocycles. The lowest BCUT2D eigenvalue weighted by atomic mass is 9.71. The largest absolute Gasteiger partial charge is 0.437 e. The van der Waals surface area contributed by atoms with Crippen LogP contribution in [0.15, 0.2) is 16.7 Å². The number of amides is 1. The molecule has 0 aromatic carbocycles. The van der Waals surface area contributed by atoms with Crippen molar-refractivity contribution in [1.82, 2.24) is 9.79 Å². The van der Waals surface area contributed by atoms with Crippen LogP contribution < -0.4 is 5.32 Å². The molecule has 1 fully saturated rings. The van der Waals surface area contributed by atoms with Gasteiger partial charge >= 0.3 is 7.05 Å². The molecule has 0 aliphatic carbocycles. The lowest BCUT2D eigenvalue weighted by Gasteiger charge is -2.38. The zero-order chi connectivity index (χ0) is 13.6. The number of hydrogen-bond donors (Lipinski definition) is 2. The fourth-order valence-corrected chi connectivity index (χ4v) is 3.36. The lowest BCUT2D eigenvalue weighted by Crippen LogP contribution is -2.50. The fourth-order valence-electron chi connectivity index (χ4n) is 3.03. The third-order valence-electron chi connectivity index (χ3n) is 4.22. The molecule has 2 N–H and O–H groups in total. The van der Waals surface area contributed by atoms with Crippen molar-refractivity contribution in [3.8, 4) is 0 Å². The highest BCUT2D eigenvalue weighted by Crippen LogP contribution is 2.44. The van der Waals surface area contributed by atoms with E-state index in [9.17, 15) is 9.82 Å². The van der Waals surface area contributed by atoms with E-state index in [0.717, 1.165) is 36.0 Å². The second-order valence-electron chi connectivity index (χ2n) is 5.25. The first-order valence-corrected chi connectivity index (χ1v) is 7.22. The molecule has 100 valence electrons. The van der Waals surface area contributed by atoms with Crippen molar-refractivity contribution in [2.45, 2.75) is 25.1 Å². The Morgan fingerprint density at radius 1 is 1.53 bits per heavy atom. The number of nitrogens with one attached hydrogen (secondary N) is 1. The van der Waals surface area contributed by atoms with E-state index < -0.39 is 12.5 Å².